The number of ketones is 1. The number of furan rings is 1. The van der Waals surface area contributed by atoms with Gasteiger partial charge in [0.2, 0.25) is 0 Å². The van der Waals surface area contributed by atoms with Crippen molar-refractivity contribution in [3.63, 3.8) is 0 Å². The maximum Gasteiger partial charge on any atom is 0.133 e. The van der Waals surface area contributed by atoms with Crippen LogP contribution in [0, 0.1) is 12.3 Å². The lowest BCUT2D eigenvalue weighted by Gasteiger charge is -2.36. The third-order valence-electron chi connectivity index (χ3n) is 3.52. The molecule has 1 aliphatic carbocycles. The van der Waals surface area contributed by atoms with Gasteiger partial charge in [-0.15, -0.1) is 0 Å². The van der Waals surface area contributed by atoms with Gasteiger partial charge in [-0.25, -0.2) is 0 Å². The van der Waals surface area contributed by atoms with Gasteiger partial charge in [-0.3, -0.25) is 4.79 Å². The zero-order valence-electron chi connectivity index (χ0n) is 9.67. The fourth-order valence-corrected chi connectivity index (χ4v) is 2.36. The predicted molar refractivity (Wildman–Crippen MR) is 58.8 cm³/mol. The standard InChI is InChI=1S/C13H18O2/c1-9-6-12(15-8-9)11-7-10(14)4-5-13(11,2)3/h6,8,11H,4-5,7H2,1-3H3. The van der Waals surface area contributed by atoms with Crippen LogP contribution in [0.3, 0.4) is 0 Å². The summed E-state index contributed by atoms with van der Waals surface area (Å²) in [5, 5.41) is 0. The van der Waals surface area contributed by atoms with Crippen molar-refractivity contribution in [2.24, 2.45) is 5.41 Å². The third-order valence-corrected chi connectivity index (χ3v) is 3.52. The summed E-state index contributed by atoms with van der Waals surface area (Å²) in [7, 11) is 0. The minimum Gasteiger partial charge on any atom is -0.469 e. The maximum atomic E-state index is 11.5. The predicted octanol–water partition coefficient (Wildman–Crippen LogP) is 3.45. The van der Waals surface area contributed by atoms with Crippen molar-refractivity contribution in [1.29, 1.82) is 0 Å². The van der Waals surface area contributed by atoms with E-state index in [0.29, 0.717) is 12.2 Å². The number of carbonyl (C=O) groups excluding carboxylic acids is 1. The lowest BCUT2D eigenvalue weighted by molar-refractivity contribution is -0.123. The smallest absolute Gasteiger partial charge is 0.133 e. The highest BCUT2D eigenvalue weighted by molar-refractivity contribution is 5.80. The molecule has 0 aliphatic heterocycles. The van der Waals surface area contributed by atoms with Crippen molar-refractivity contribution in [3.05, 3.63) is 23.7 Å². The van der Waals surface area contributed by atoms with E-state index in [1.807, 2.05) is 6.92 Å². The quantitative estimate of drug-likeness (QED) is 0.704. The minimum atomic E-state index is 0.179. The first kappa shape index (κ1) is 10.5. The number of hydrogen-bond acceptors (Lipinski definition) is 2. The van der Waals surface area contributed by atoms with Crippen molar-refractivity contribution in [2.45, 2.75) is 46.0 Å². The Kier molecular flexibility index (Phi) is 2.45. The molecule has 0 amide bonds. The summed E-state index contributed by atoms with van der Waals surface area (Å²) in [6, 6.07) is 2.06. The summed E-state index contributed by atoms with van der Waals surface area (Å²) in [5.41, 5.74) is 1.32. The molecule has 2 rings (SSSR count). The minimum absolute atomic E-state index is 0.179. The highest BCUT2D eigenvalue weighted by atomic mass is 16.3. The number of aryl methyl sites for hydroxylation is 1. The number of rotatable bonds is 1. The fourth-order valence-electron chi connectivity index (χ4n) is 2.36. The van der Waals surface area contributed by atoms with Crippen molar-refractivity contribution < 1.29 is 9.21 Å². The molecule has 82 valence electrons. The molecule has 2 heteroatoms. The molecule has 0 saturated heterocycles. The molecule has 1 atom stereocenters. The summed E-state index contributed by atoms with van der Waals surface area (Å²) in [6.45, 7) is 6.47. The highest BCUT2D eigenvalue weighted by Crippen LogP contribution is 2.45. The van der Waals surface area contributed by atoms with Gasteiger partial charge in [-0.2, -0.15) is 0 Å². The van der Waals surface area contributed by atoms with Crippen LogP contribution in [-0.4, -0.2) is 5.78 Å². The lowest BCUT2D eigenvalue weighted by atomic mass is 9.67. The average molecular weight is 206 g/mol. The fraction of sp³-hybridized carbons (Fsp3) is 0.615. The molecule has 1 aliphatic rings. The Morgan fingerprint density at radius 1 is 1.47 bits per heavy atom. The van der Waals surface area contributed by atoms with Gasteiger partial charge in [0.15, 0.2) is 0 Å². The van der Waals surface area contributed by atoms with E-state index in [9.17, 15) is 4.79 Å². The topological polar surface area (TPSA) is 30.2 Å². The molecule has 1 saturated carbocycles. The summed E-state index contributed by atoms with van der Waals surface area (Å²) in [6.07, 6.45) is 4.10. The molecule has 1 fully saturated rings. The molecule has 0 radical (unpaired) electrons. The molecule has 0 N–H and O–H groups in total. The van der Waals surface area contributed by atoms with E-state index in [2.05, 4.69) is 19.9 Å². The number of carbonyl (C=O) groups is 1. The maximum absolute atomic E-state index is 11.5. The Labute approximate surface area is 90.7 Å². The van der Waals surface area contributed by atoms with Crippen LogP contribution in [0.2, 0.25) is 0 Å². The molecular weight excluding hydrogens is 188 g/mol. The summed E-state index contributed by atoms with van der Waals surface area (Å²) >= 11 is 0. The summed E-state index contributed by atoms with van der Waals surface area (Å²) in [5.74, 6) is 1.60. The van der Waals surface area contributed by atoms with Crippen molar-refractivity contribution in [3.8, 4) is 0 Å². The van der Waals surface area contributed by atoms with E-state index >= 15 is 0 Å². The van der Waals surface area contributed by atoms with Crippen LogP contribution in [0.15, 0.2) is 16.7 Å². The lowest BCUT2D eigenvalue weighted by Crippen LogP contribution is -2.30. The van der Waals surface area contributed by atoms with E-state index in [-0.39, 0.29) is 11.3 Å². The second-order valence-electron chi connectivity index (χ2n) is 5.31. The van der Waals surface area contributed by atoms with Crippen LogP contribution >= 0.6 is 0 Å². The summed E-state index contributed by atoms with van der Waals surface area (Å²) in [4.78, 5) is 11.5. The van der Waals surface area contributed by atoms with Crippen LogP contribution in [0.5, 0.6) is 0 Å². The molecule has 1 aromatic heterocycles. The van der Waals surface area contributed by atoms with E-state index in [0.717, 1.165) is 24.2 Å². The van der Waals surface area contributed by atoms with Gasteiger partial charge >= 0.3 is 0 Å². The molecule has 2 nitrogen and oxygen atoms in total. The Balaban J connectivity index is 2.29. The Morgan fingerprint density at radius 2 is 2.20 bits per heavy atom. The third kappa shape index (κ3) is 1.99. The van der Waals surface area contributed by atoms with Gasteiger partial charge in [0.05, 0.1) is 6.26 Å². The summed E-state index contributed by atoms with van der Waals surface area (Å²) < 4.78 is 5.54. The zero-order chi connectivity index (χ0) is 11.1. The Bertz CT molecular complexity index is 374. The van der Waals surface area contributed by atoms with Gasteiger partial charge in [-0.05, 0) is 30.4 Å². The number of hydrogen-bond donors (Lipinski definition) is 0. The van der Waals surface area contributed by atoms with Gasteiger partial charge in [0, 0.05) is 18.8 Å². The molecular formula is C13H18O2. The molecule has 0 aromatic carbocycles. The van der Waals surface area contributed by atoms with Gasteiger partial charge in [-0.1, -0.05) is 13.8 Å². The van der Waals surface area contributed by atoms with Crippen molar-refractivity contribution in [2.75, 3.05) is 0 Å². The first-order chi connectivity index (χ1) is 6.99. The second-order valence-corrected chi connectivity index (χ2v) is 5.31. The molecule has 0 bridgehead atoms. The monoisotopic (exact) mass is 206 g/mol. The molecule has 1 aromatic rings. The highest BCUT2D eigenvalue weighted by Gasteiger charge is 2.38. The van der Waals surface area contributed by atoms with Crippen LogP contribution in [0.1, 0.15) is 50.4 Å². The van der Waals surface area contributed by atoms with Gasteiger partial charge in [0.1, 0.15) is 11.5 Å². The first-order valence-electron chi connectivity index (χ1n) is 5.56. The van der Waals surface area contributed by atoms with E-state index in [4.69, 9.17) is 4.42 Å². The largest absolute Gasteiger partial charge is 0.469 e. The second kappa shape index (κ2) is 3.51. The van der Waals surface area contributed by atoms with E-state index < -0.39 is 0 Å². The normalized spacial score (nSPS) is 25.5. The zero-order valence-corrected chi connectivity index (χ0v) is 9.67. The molecule has 1 unspecified atom stereocenters. The van der Waals surface area contributed by atoms with E-state index in [1.165, 1.54) is 0 Å². The number of Topliss-reactive ketones (excluding diaryl/α,β-unsaturated/α-hetero) is 1. The van der Waals surface area contributed by atoms with Crippen LogP contribution in [0.25, 0.3) is 0 Å². The van der Waals surface area contributed by atoms with Crippen molar-refractivity contribution >= 4 is 5.78 Å². The molecule has 1 heterocycles. The molecule has 0 spiro atoms. The van der Waals surface area contributed by atoms with Gasteiger partial charge in [0.25, 0.3) is 0 Å². The van der Waals surface area contributed by atoms with Crippen LogP contribution in [-0.2, 0) is 4.79 Å². The van der Waals surface area contributed by atoms with Gasteiger partial charge < -0.3 is 4.42 Å². The van der Waals surface area contributed by atoms with E-state index in [1.54, 1.807) is 6.26 Å². The van der Waals surface area contributed by atoms with Crippen LogP contribution in [0.4, 0.5) is 0 Å². The Morgan fingerprint density at radius 3 is 2.80 bits per heavy atom. The Hall–Kier alpha value is -1.05. The first-order valence-corrected chi connectivity index (χ1v) is 5.56. The van der Waals surface area contributed by atoms with Crippen LogP contribution < -0.4 is 0 Å². The average Bonchev–Trinajstić information content (AvgIpc) is 2.56. The SMILES string of the molecule is Cc1coc(C2CC(=O)CCC2(C)C)c1. The molecule has 15 heavy (non-hydrogen) atoms. The van der Waals surface area contributed by atoms with Crippen molar-refractivity contribution in [1.82, 2.24) is 0 Å².